The van der Waals surface area contributed by atoms with Gasteiger partial charge < -0.3 is 4.74 Å². The second-order valence-electron chi connectivity index (χ2n) is 2.72. The summed E-state index contributed by atoms with van der Waals surface area (Å²) in [7, 11) is 0. The van der Waals surface area contributed by atoms with Crippen molar-refractivity contribution in [3.05, 3.63) is 29.3 Å². The molecule has 2 rings (SSSR count). The maximum atomic E-state index is 11.4. The van der Waals surface area contributed by atoms with Gasteiger partial charge in [0.15, 0.2) is 0 Å². The second-order valence-corrected chi connectivity index (χ2v) is 3.80. The maximum Gasteiger partial charge on any atom is 0.348 e. The summed E-state index contributed by atoms with van der Waals surface area (Å²) >= 11 is 1.41. The molecule has 0 radical (unpaired) electrons. The molecule has 0 aromatic carbocycles. The highest BCUT2D eigenvalue weighted by atomic mass is 32.1. The molecule has 0 aliphatic rings. The minimum absolute atomic E-state index is 0.268. The van der Waals surface area contributed by atoms with Gasteiger partial charge in [0.2, 0.25) is 0 Å². The quantitative estimate of drug-likeness (QED) is 0.710. The summed E-state index contributed by atoms with van der Waals surface area (Å²) in [5.74, 6) is -0.268. The number of carbonyl (C=O) groups excluding carboxylic acids is 1. The Balaban J connectivity index is 2.40. The van der Waals surface area contributed by atoms with Crippen LogP contribution in [-0.4, -0.2) is 17.6 Å². The number of ether oxygens (including phenoxy) is 1. The van der Waals surface area contributed by atoms with E-state index in [1.54, 1.807) is 19.2 Å². The lowest BCUT2D eigenvalue weighted by Gasteiger charge is -1.95. The Kier molecular flexibility index (Phi) is 2.45. The summed E-state index contributed by atoms with van der Waals surface area (Å²) in [4.78, 5) is 16.1. The van der Waals surface area contributed by atoms with E-state index in [-0.39, 0.29) is 5.97 Å². The highest BCUT2D eigenvalue weighted by molar-refractivity contribution is 7.20. The lowest BCUT2D eigenvalue weighted by Crippen LogP contribution is -2.01. The normalized spacial score (nSPS) is 10.4. The smallest absolute Gasteiger partial charge is 0.348 e. The molecule has 2 heterocycles. The Bertz CT molecular complexity index is 431. The van der Waals surface area contributed by atoms with E-state index in [0.717, 1.165) is 10.2 Å². The number of pyridine rings is 1. The van der Waals surface area contributed by atoms with Gasteiger partial charge in [-0.1, -0.05) is 0 Å². The third-order valence-corrected chi connectivity index (χ3v) is 2.83. The number of rotatable bonds is 2. The molecular formula is C10H9NO2S. The zero-order valence-electron chi connectivity index (χ0n) is 7.69. The zero-order chi connectivity index (χ0) is 9.97. The first kappa shape index (κ1) is 9.15. The van der Waals surface area contributed by atoms with Crippen LogP contribution in [0.15, 0.2) is 24.4 Å². The third-order valence-electron chi connectivity index (χ3n) is 1.76. The molecule has 14 heavy (non-hydrogen) atoms. The predicted molar refractivity (Wildman–Crippen MR) is 55.6 cm³/mol. The van der Waals surface area contributed by atoms with Crippen molar-refractivity contribution >= 4 is 27.5 Å². The van der Waals surface area contributed by atoms with Crippen molar-refractivity contribution in [3.8, 4) is 0 Å². The van der Waals surface area contributed by atoms with Gasteiger partial charge in [0.25, 0.3) is 0 Å². The minimum Gasteiger partial charge on any atom is -0.462 e. The Morgan fingerprint density at radius 3 is 3.21 bits per heavy atom. The lowest BCUT2D eigenvalue weighted by atomic mass is 10.4. The summed E-state index contributed by atoms with van der Waals surface area (Å²) in [6.07, 6.45) is 1.71. The number of thiophene rings is 1. The largest absolute Gasteiger partial charge is 0.462 e. The summed E-state index contributed by atoms with van der Waals surface area (Å²) in [6, 6.07) is 5.56. The first-order valence-electron chi connectivity index (χ1n) is 4.33. The standard InChI is InChI=1S/C10H9NO2S/c1-2-13-10(12)9-6-7-8(14-9)4-3-5-11-7/h3-6H,2H2,1H3. The average molecular weight is 207 g/mol. The molecule has 3 nitrogen and oxygen atoms in total. The molecule has 0 atom stereocenters. The monoisotopic (exact) mass is 207 g/mol. The van der Waals surface area contributed by atoms with E-state index in [1.807, 2.05) is 12.1 Å². The highest BCUT2D eigenvalue weighted by Crippen LogP contribution is 2.23. The third kappa shape index (κ3) is 1.61. The van der Waals surface area contributed by atoms with E-state index in [2.05, 4.69) is 4.98 Å². The Morgan fingerprint density at radius 1 is 1.64 bits per heavy atom. The van der Waals surface area contributed by atoms with Crippen molar-refractivity contribution in [3.63, 3.8) is 0 Å². The molecule has 0 N–H and O–H groups in total. The topological polar surface area (TPSA) is 39.2 Å². The molecule has 0 aliphatic carbocycles. The van der Waals surface area contributed by atoms with Gasteiger partial charge in [0.1, 0.15) is 4.88 Å². The second kappa shape index (κ2) is 3.75. The van der Waals surface area contributed by atoms with Crippen LogP contribution in [0, 0.1) is 0 Å². The van der Waals surface area contributed by atoms with Gasteiger partial charge in [0, 0.05) is 6.20 Å². The van der Waals surface area contributed by atoms with Crippen molar-refractivity contribution < 1.29 is 9.53 Å². The average Bonchev–Trinajstić information content (AvgIpc) is 2.61. The zero-order valence-corrected chi connectivity index (χ0v) is 8.50. The van der Waals surface area contributed by atoms with Crippen LogP contribution in [0.1, 0.15) is 16.6 Å². The van der Waals surface area contributed by atoms with Crippen LogP contribution in [0.5, 0.6) is 0 Å². The number of aromatic nitrogens is 1. The van der Waals surface area contributed by atoms with Crippen LogP contribution in [0.3, 0.4) is 0 Å². The molecule has 2 aromatic heterocycles. The molecule has 0 fully saturated rings. The number of carbonyl (C=O) groups is 1. The van der Waals surface area contributed by atoms with Crippen molar-refractivity contribution in [1.29, 1.82) is 0 Å². The minimum atomic E-state index is -0.268. The van der Waals surface area contributed by atoms with Gasteiger partial charge in [-0.05, 0) is 25.1 Å². The van der Waals surface area contributed by atoms with E-state index in [0.29, 0.717) is 11.5 Å². The van der Waals surface area contributed by atoms with Crippen molar-refractivity contribution in [2.45, 2.75) is 6.92 Å². The van der Waals surface area contributed by atoms with Gasteiger partial charge in [-0.2, -0.15) is 0 Å². The van der Waals surface area contributed by atoms with Crippen LogP contribution < -0.4 is 0 Å². The van der Waals surface area contributed by atoms with Crippen molar-refractivity contribution in [2.24, 2.45) is 0 Å². The SMILES string of the molecule is CCOC(=O)c1cc2ncccc2s1. The maximum absolute atomic E-state index is 11.4. The van der Waals surface area contributed by atoms with Crippen molar-refractivity contribution in [1.82, 2.24) is 4.98 Å². The fourth-order valence-corrected chi connectivity index (χ4v) is 2.08. The van der Waals surface area contributed by atoms with Crippen LogP contribution in [0.25, 0.3) is 10.2 Å². The van der Waals surface area contributed by atoms with E-state index in [9.17, 15) is 4.79 Å². The number of fused-ring (bicyclic) bond motifs is 1. The van der Waals surface area contributed by atoms with Gasteiger partial charge in [-0.3, -0.25) is 4.98 Å². The van der Waals surface area contributed by atoms with Crippen molar-refractivity contribution in [2.75, 3.05) is 6.61 Å². The molecule has 0 aliphatic heterocycles. The number of esters is 1. The lowest BCUT2D eigenvalue weighted by molar-refractivity contribution is 0.0532. The first-order chi connectivity index (χ1) is 6.81. The van der Waals surface area contributed by atoms with E-state index in [4.69, 9.17) is 4.74 Å². The fourth-order valence-electron chi connectivity index (χ4n) is 1.17. The Hall–Kier alpha value is -1.42. The van der Waals surface area contributed by atoms with Gasteiger partial charge in [0.05, 0.1) is 16.8 Å². The number of nitrogens with zero attached hydrogens (tertiary/aromatic N) is 1. The summed E-state index contributed by atoms with van der Waals surface area (Å²) < 4.78 is 5.91. The van der Waals surface area contributed by atoms with Crippen LogP contribution in [-0.2, 0) is 4.74 Å². The molecule has 0 amide bonds. The van der Waals surface area contributed by atoms with Crippen LogP contribution >= 0.6 is 11.3 Å². The molecule has 0 bridgehead atoms. The molecule has 0 unspecified atom stereocenters. The number of hydrogen-bond acceptors (Lipinski definition) is 4. The highest BCUT2D eigenvalue weighted by Gasteiger charge is 2.10. The van der Waals surface area contributed by atoms with E-state index >= 15 is 0 Å². The Morgan fingerprint density at radius 2 is 2.50 bits per heavy atom. The fraction of sp³-hybridized carbons (Fsp3) is 0.200. The molecule has 72 valence electrons. The summed E-state index contributed by atoms with van der Waals surface area (Å²) in [5.41, 5.74) is 0.848. The molecule has 0 saturated heterocycles. The van der Waals surface area contributed by atoms with Crippen LogP contribution in [0.4, 0.5) is 0 Å². The first-order valence-corrected chi connectivity index (χ1v) is 5.14. The van der Waals surface area contributed by atoms with Gasteiger partial charge in [-0.25, -0.2) is 4.79 Å². The predicted octanol–water partition coefficient (Wildman–Crippen LogP) is 2.47. The molecule has 4 heteroatoms. The molecular weight excluding hydrogens is 198 g/mol. The molecule has 0 spiro atoms. The molecule has 0 saturated carbocycles. The van der Waals surface area contributed by atoms with Crippen LogP contribution in [0.2, 0.25) is 0 Å². The summed E-state index contributed by atoms with van der Waals surface area (Å²) in [6.45, 7) is 2.20. The van der Waals surface area contributed by atoms with E-state index in [1.165, 1.54) is 11.3 Å². The van der Waals surface area contributed by atoms with Gasteiger partial charge in [-0.15, -0.1) is 11.3 Å². The van der Waals surface area contributed by atoms with E-state index < -0.39 is 0 Å². The summed E-state index contributed by atoms with van der Waals surface area (Å²) in [5, 5.41) is 0. The number of hydrogen-bond donors (Lipinski definition) is 0. The van der Waals surface area contributed by atoms with Gasteiger partial charge >= 0.3 is 5.97 Å². The molecule has 2 aromatic rings. The Labute approximate surface area is 85.3 Å².